The van der Waals surface area contributed by atoms with Gasteiger partial charge in [0, 0.05) is 32.9 Å². The van der Waals surface area contributed by atoms with Gasteiger partial charge >= 0.3 is 0 Å². The first-order valence-corrected chi connectivity index (χ1v) is 10.6. The molecule has 0 aromatic heterocycles. The molecule has 0 bridgehead atoms. The minimum absolute atomic E-state index is 0.237. The van der Waals surface area contributed by atoms with Crippen molar-refractivity contribution in [3.8, 4) is 5.75 Å². The Labute approximate surface area is 183 Å². The van der Waals surface area contributed by atoms with Gasteiger partial charge in [-0.15, -0.1) is 0 Å². The van der Waals surface area contributed by atoms with Crippen LogP contribution in [0.1, 0.15) is 23.1 Å². The number of nitrogens with zero attached hydrogens (tertiary/aromatic N) is 1. The Bertz CT molecular complexity index is 1020. The SMILES string of the molecule is Clc1ccc(Br)c(CC2=NC(CCc3ccccc3)Oc3cc(Cl)ccc32)c1. The van der Waals surface area contributed by atoms with Gasteiger partial charge in [0.2, 0.25) is 0 Å². The molecule has 1 heterocycles. The van der Waals surface area contributed by atoms with Crippen molar-refractivity contribution in [3.63, 3.8) is 0 Å². The summed E-state index contributed by atoms with van der Waals surface area (Å²) in [7, 11) is 0. The van der Waals surface area contributed by atoms with Crippen LogP contribution >= 0.6 is 39.1 Å². The maximum Gasteiger partial charge on any atom is 0.190 e. The predicted molar refractivity (Wildman–Crippen MR) is 120 cm³/mol. The number of rotatable bonds is 5. The summed E-state index contributed by atoms with van der Waals surface area (Å²) in [5, 5.41) is 1.37. The van der Waals surface area contributed by atoms with Crippen molar-refractivity contribution in [2.45, 2.75) is 25.5 Å². The van der Waals surface area contributed by atoms with Crippen molar-refractivity contribution in [2.75, 3.05) is 0 Å². The van der Waals surface area contributed by atoms with E-state index in [0.29, 0.717) is 16.5 Å². The van der Waals surface area contributed by atoms with Crippen LogP contribution in [-0.4, -0.2) is 11.9 Å². The summed E-state index contributed by atoms with van der Waals surface area (Å²) in [5.41, 5.74) is 4.33. The van der Waals surface area contributed by atoms with E-state index in [1.54, 1.807) is 0 Å². The second-order valence-electron chi connectivity index (χ2n) is 6.73. The molecule has 5 heteroatoms. The van der Waals surface area contributed by atoms with Crippen LogP contribution in [-0.2, 0) is 12.8 Å². The molecular weight excluding hydrogens is 457 g/mol. The summed E-state index contributed by atoms with van der Waals surface area (Å²) in [6.45, 7) is 0. The standard InChI is InChI=1S/C23H18BrCl2NO/c24-20-10-8-17(25)12-16(20)13-21-19-9-7-18(26)14-22(19)28-23(27-21)11-6-15-4-2-1-3-5-15/h1-5,7-10,12,14,23H,6,11,13H2. The van der Waals surface area contributed by atoms with Crippen molar-refractivity contribution >= 4 is 44.8 Å². The first-order valence-electron chi connectivity index (χ1n) is 9.09. The molecule has 0 saturated heterocycles. The van der Waals surface area contributed by atoms with Crippen molar-refractivity contribution in [1.82, 2.24) is 0 Å². The molecule has 3 aromatic carbocycles. The molecular formula is C23H18BrCl2NO. The maximum absolute atomic E-state index is 6.21. The summed E-state index contributed by atoms with van der Waals surface area (Å²) in [6, 6.07) is 21.9. The quantitative estimate of drug-likeness (QED) is 0.385. The average Bonchev–Trinajstić information content (AvgIpc) is 2.69. The molecule has 0 radical (unpaired) electrons. The lowest BCUT2D eigenvalue weighted by Crippen LogP contribution is -2.25. The fourth-order valence-electron chi connectivity index (χ4n) is 3.31. The molecule has 1 unspecified atom stereocenters. The summed E-state index contributed by atoms with van der Waals surface area (Å²) in [5.74, 6) is 0.786. The lowest BCUT2D eigenvalue weighted by atomic mass is 9.99. The molecule has 142 valence electrons. The molecule has 0 N–H and O–H groups in total. The molecule has 0 fully saturated rings. The second kappa shape index (κ2) is 8.69. The van der Waals surface area contributed by atoms with E-state index in [4.69, 9.17) is 32.9 Å². The van der Waals surface area contributed by atoms with Crippen LogP contribution in [0.5, 0.6) is 5.75 Å². The number of halogens is 3. The first-order chi connectivity index (χ1) is 13.6. The molecule has 2 nitrogen and oxygen atoms in total. The van der Waals surface area contributed by atoms with E-state index in [1.807, 2.05) is 42.5 Å². The second-order valence-corrected chi connectivity index (χ2v) is 8.45. The monoisotopic (exact) mass is 473 g/mol. The van der Waals surface area contributed by atoms with E-state index in [2.05, 4.69) is 40.2 Å². The Balaban J connectivity index is 1.62. The normalized spacial score (nSPS) is 15.5. The van der Waals surface area contributed by atoms with Gasteiger partial charge in [0.25, 0.3) is 0 Å². The van der Waals surface area contributed by atoms with Crippen LogP contribution in [0.25, 0.3) is 0 Å². The third-order valence-electron chi connectivity index (χ3n) is 4.71. The number of aliphatic imine (C=N–C) groups is 1. The number of aryl methyl sites for hydroxylation is 1. The van der Waals surface area contributed by atoms with Gasteiger partial charge in [-0.05, 0) is 53.9 Å². The highest BCUT2D eigenvalue weighted by Crippen LogP contribution is 2.32. The van der Waals surface area contributed by atoms with E-state index >= 15 is 0 Å². The maximum atomic E-state index is 6.21. The smallest absolute Gasteiger partial charge is 0.190 e. The van der Waals surface area contributed by atoms with E-state index in [9.17, 15) is 0 Å². The molecule has 1 aliphatic rings. The van der Waals surface area contributed by atoms with Crippen molar-refractivity contribution in [2.24, 2.45) is 4.99 Å². The van der Waals surface area contributed by atoms with E-state index in [-0.39, 0.29) is 6.23 Å². The predicted octanol–water partition coefficient (Wildman–Crippen LogP) is 7.14. The van der Waals surface area contributed by atoms with Gasteiger partial charge in [-0.2, -0.15) is 0 Å². The zero-order valence-corrected chi connectivity index (χ0v) is 18.1. The average molecular weight is 475 g/mol. The highest BCUT2D eigenvalue weighted by Gasteiger charge is 2.23. The van der Waals surface area contributed by atoms with Crippen LogP contribution in [0.15, 0.2) is 76.2 Å². The van der Waals surface area contributed by atoms with E-state index in [0.717, 1.165) is 39.9 Å². The number of hydrogen-bond acceptors (Lipinski definition) is 2. The summed E-state index contributed by atoms with van der Waals surface area (Å²) < 4.78 is 7.16. The van der Waals surface area contributed by atoms with E-state index in [1.165, 1.54) is 5.56 Å². The van der Waals surface area contributed by atoms with Crippen LogP contribution in [0.4, 0.5) is 0 Å². The minimum Gasteiger partial charge on any atom is -0.468 e. The molecule has 4 rings (SSSR count). The van der Waals surface area contributed by atoms with Gasteiger partial charge in [-0.1, -0.05) is 69.5 Å². The van der Waals surface area contributed by atoms with Gasteiger partial charge in [0.15, 0.2) is 6.23 Å². The third kappa shape index (κ3) is 4.60. The molecule has 0 amide bonds. The Morgan fingerprint density at radius 2 is 1.68 bits per heavy atom. The summed E-state index contributed by atoms with van der Waals surface area (Å²) in [6.07, 6.45) is 2.13. The van der Waals surface area contributed by atoms with Crippen LogP contribution in [0, 0.1) is 0 Å². The van der Waals surface area contributed by atoms with Crippen LogP contribution < -0.4 is 4.74 Å². The fourth-order valence-corrected chi connectivity index (χ4v) is 4.05. The van der Waals surface area contributed by atoms with Gasteiger partial charge in [0.1, 0.15) is 5.75 Å². The van der Waals surface area contributed by atoms with Crippen molar-refractivity contribution in [1.29, 1.82) is 0 Å². The molecule has 0 spiro atoms. The summed E-state index contributed by atoms with van der Waals surface area (Å²) >= 11 is 16.0. The topological polar surface area (TPSA) is 21.6 Å². The van der Waals surface area contributed by atoms with Gasteiger partial charge in [-0.25, -0.2) is 4.99 Å². The molecule has 28 heavy (non-hydrogen) atoms. The highest BCUT2D eigenvalue weighted by atomic mass is 79.9. The zero-order valence-electron chi connectivity index (χ0n) is 15.0. The Morgan fingerprint density at radius 3 is 2.50 bits per heavy atom. The minimum atomic E-state index is -0.237. The molecule has 1 atom stereocenters. The Morgan fingerprint density at radius 1 is 0.929 bits per heavy atom. The Kier molecular flexibility index (Phi) is 6.05. The number of ether oxygens (including phenoxy) is 1. The van der Waals surface area contributed by atoms with E-state index < -0.39 is 0 Å². The van der Waals surface area contributed by atoms with Crippen molar-refractivity contribution < 1.29 is 4.74 Å². The molecule has 0 aliphatic carbocycles. The third-order valence-corrected chi connectivity index (χ3v) is 5.95. The van der Waals surface area contributed by atoms with Gasteiger partial charge in [0.05, 0.1) is 5.71 Å². The van der Waals surface area contributed by atoms with Gasteiger partial charge < -0.3 is 4.74 Å². The van der Waals surface area contributed by atoms with Crippen LogP contribution in [0.2, 0.25) is 10.0 Å². The number of benzene rings is 3. The molecule has 0 saturated carbocycles. The zero-order chi connectivity index (χ0) is 19.5. The Hall–Kier alpha value is -1.81. The van der Waals surface area contributed by atoms with Crippen LogP contribution in [0.3, 0.4) is 0 Å². The fraction of sp³-hybridized carbons (Fsp3) is 0.174. The number of hydrogen-bond donors (Lipinski definition) is 0. The highest BCUT2D eigenvalue weighted by molar-refractivity contribution is 9.10. The largest absolute Gasteiger partial charge is 0.468 e. The number of fused-ring (bicyclic) bond motifs is 1. The molecule has 1 aliphatic heterocycles. The lowest BCUT2D eigenvalue weighted by Gasteiger charge is -2.25. The van der Waals surface area contributed by atoms with Gasteiger partial charge in [-0.3, -0.25) is 0 Å². The lowest BCUT2D eigenvalue weighted by molar-refractivity contribution is 0.196. The molecule has 3 aromatic rings. The first kappa shape index (κ1) is 19.5. The summed E-state index contributed by atoms with van der Waals surface area (Å²) in [4.78, 5) is 4.92. The van der Waals surface area contributed by atoms with Crippen molar-refractivity contribution in [3.05, 3.63) is 97.9 Å².